The summed E-state index contributed by atoms with van der Waals surface area (Å²) in [6.45, 7) is -0.109. The third-order valence-corrected chi connectivity index (χ3v) is 7.03. The van der Waals surface area contributed by atoms with E-state index in [2.05, 4.69) is 15.3 Å². The van der Waals surface area contributed by atoms with Gasteiger partial charge in [0, 0.05) is 41.5 Å². The highest BCUT2D eigenvalue weighted by Crippen LogP contribution is 2.36. The van der Waals surface area contributed by atoms with Gasteiger partial charge in [0.2, 0.25) is 6.29 Å². The molecule has 1 amide bonds. The second kappa shape index (κ2) is 8.64. The molecule has 0 spiro atoms. The molecule has 7 nitrogen and oxygen atoms in total. The maximum atomic E-state index is 13.3. The maximum Gasteiger partial charge on any atom is 0.417 e. The molecule has 0 saturated carbocycles. The van der Waals surface area contributed by atoms with Crippen molar-refractivity contribution in [2.75, 3.05) is 6.54 Å². The number of allylic oxidation sites excluding steroid dienone is 1. The van der Waals surface area contributed by atoms with Crippen LogP contribution in [0.2, 0.25) is 5.02 Å². The molecule has 33 heavy (non-hydrogen) atoms. The van der Waals surface area contributed by atoms with E-state index in [1.807, 2.05) is 0 Å². The highest BCUT2D eigenvalue weighted by molar-refractivity contribution is 7.89. The quantitative estimate of drug-likeness (QED) is 0.696. The number of hydrogen-bond acceptors (Lipinski definition) is 5. The summed E-state index contributed by atoms with van der Waals surface area (Å²) in [7, 11) is -4.46. The van der Waals surface area contributed by atoms with Crippen LogP contribution >= 0.6 is 11.6 Å². The first-order valence-corrected chi connectivity index (χ1v) is 11.4. The largest absolute Gasteiger partial charge is 0.417 e. The second-order valence-corrected chi connectivity index (χ2v) is 9.45. The van der Waals surface area contributed by atoms with Crippen LogP contribution < -0.4 is 5.32 Å². The zero-order chi connectivity index (χ0) is 23.8. The minimum absolute atomic E-state index is 0.109. The Kier molecular flexibility index (Phi) is 6.02. The third kappa shape index (κ3) is 4.79. The molecule has 0 fully saturated rings. The zero-order valence-corrected chi connectivity index (χ0v) is 18.3. The molecule has 1 atom stereocenters. The summed E-state index contributed by atoms with van der Waals surface area (Å²) in [5, 5.41) is 3.11. The summed E-state index contributed by atoms with van der Waals surface area (Å²) in [6.07, 6.45) is -3.05. The molecular weight excluding hydrogens is 481 g/mol. The molecule has 0 aliphatic carbocycles. The van der Waals surface area contributed by atoms with Gasteiger partial charge in [-0.25, -0.2) is 18.4 Å². The summed E-state index contributed by atoms with van der Waals surface area (Å²) < 4.78 is 66.7. The topological polar surface area (TPSA) is 91.2 Å². The SMILES string of the molecule is O=C(NC1N=CC2=CN(S(=O)(=O)c3ccccc3C(F)(F)F)CCC2=N1)c1ccc(Cl)cc1. The highest BCUT2D eigenvalue weighted by Gasteiger charge is 2.39. The van der Waals surface area contributed by atoms with Crippen LogP contribution in [0.3, 0.4) is 0 Å². The van der Waals surface area contributed by atoms with Gasteiger partial charge in [0.05, 0.1) is 16.2 Å². The van der Waals surface area contributed by atoms with Gasteiger partial charge in [-0.2, -0.15) is 13.2 Å². The standard InChI is InChI=1S/C21H16ClF3N4O3S/c22-15-7-5-13(6-8-15)19(30)28-20-26-11-14-12-29(10-9-17(14)27-20)33(31,32)18-4-2-1-3-16(18)21(23,24)25/h1-8,11-12,20H,9-10H2,(H,28,30). The van der Waals surface area contributed by atoms with Gasteiger partial charge in [0.25, 0.3) is 15.9 Å². The van der Waals surface area contributed by atoms with E-state index in [1.165, 1.54) is 18.5 Å². The van der Waals surface area contributed by atoms with Crippen LogP contribution in [0.4, 0.5) is 13.2 Å². The molecule has 0 radical (unpaired) electrons. The lowest BCUT2D eigenvalue weighted by Gasteiger charge is -2.29. The molecule has 2 aromatic carbocycles. The summed E-state index contributed by atoms with van der Waals surface area (Å²) in [4.78, 5) is 19.9. The van der Waals surface area contributed by atoms with E-state index in [4.69, 9.17) is 11.6 Å². The van der Waals surface area contributed by atoms with Crippen LogP contribution in [0.25, 0.3) is 0 Å². The normalized spacial score (nSPS) is 18.3. The van der Waals surface area contributed by atoms with E-state index in [-0.39, 0.29) is 13.0 Å². The van der Waals surface area contributed by atoms with Crippen LogP contribution in [0, 0.1) is 0 Å². The fraction of sp³-hybridized carbons (Fsp3) is 0.190. The summed E-state index contributed by atoms with van der Waals surface area (Å²) in [6, 6.07) is 10.3. The minimum Gasteiger partial charge on any atom is -0.312 e. The molecule has 0 aromatic heterocycles. The van der Waals surface area contributed by atoms with E-state index in [0.29, 0.717) is 21.9 Å². The van der Waals surface area contributed by atoms with E-state index in [9.17, 15) is 26.4 Å². The number of aliphatic imine (C=N–C) groups is 2. The van der Waals surface area contributed by atoms with Gasteiger partial charge >= 0.3 is 6.18 Å². The van der Waals surface area contributed by atoms with Crippen molar-refractivity contribution in [3.8, 4) is 0 Å². The van der Waals surface area contributed by atoms with Gasteiger partial charge in [-0.15, -0.1) is 0 Å². The van der Waals surface area contributed by atoms with Crippen molar-refractivity contribution in [3.05, 3.63) is 76.5 Å². The van der Waals surface area contributed by atoms with Crippen molar-refractivity contribution >= 4 is 39.5 Å². The molecule has 4 rings (SSSR count). The Hall–Kier alpha value is -3.18. The van der Waals surface area contributed by atoms with Crippen molar-refractivity contribution in [1.29, 1.82) is 0 Å². The lowest BCUT2D eigenvalue weighted by Crippen LogP contribution is -2.39. The number of hydrogen-bond donors (Lipinski definition) is 1. The summed E-state index contributed by atoms with van der Waals surface area (Å²) in [5.41, 5.74) is -0.0428. The highest BCUT2D eigenvalue weighted by atomic mass is 35.5. The Bertz CT molecular complexity index is 1290. The monoisotopic (exact) mass is 496 g/mol. The Morgan fingerprint density at radius 2 is 1.82 bits per heavy atom. The Balaban J connectivity index is 1.54. The van der Waals surface area contributed by atoms with Gasteiger partial charge in [-0.3, -0.25) is 9.10 Å². The zero-order valence-electron chi connectivity index (χ0n) is 16.8. The molecule has 1 N–H and O–H groups in total. The van der Waals surface area contributed by atoms with Crippen molar-refractivity contribution < 1.29 is 26.4 Å². The van der Waals surface area contributed by atoms with Crippen molar-refractivity contribution in [2.24, 2.45) is 9.98 Å². The number of alkyl halides is 3. The maximum absolute atomic E-state index is 13.3. The molecule has 1 unspecified atom stereocenters. The number of nitrogens with zero attached hydrogens (tertiary/aromatic N) is 3. The molecule has 12 heteroatoms. The van der Waals surface area contributed by atoms with Crippen LogP contribution in [0.15, 0.2) is 75.2 Å². The lowest BCUT2D eigenvalue weighted by atomic mass is 10.1. The van der Waals surface area contributed by atoms with E-state index in [0.717, 1.165) is 22.5 Å². The predicted molar refractivity (Wildman–Crippen MR) is 117 cm³/mol. The number of nitrogens with one attached hydrogen (secondary N) is 1. The van der Waals surface area contributed by atoms with E-state index >= 15 is 0 Å². The summed E-state index contributed by atoms with van der Waals surface area (Å²) >= 11 is 5.81. The van der Waals surface area contributed by atoms with Gasteiger partial charge in [-0.1, -0.05) is 23.7 Å². The van der Waals surface area contributed by atoms with Crippen LogP contribution in [0.1, 0.15) is 22.3 Å². The fourth-order valence-electron chi connectivity index (χ4n) is 3.35. The average Bonchev–Trinajstić information content (AvgIpc) is 2.78. The number of sulfonamides is 1. The fourth-order valence-corrected chi connectivity index (χ4v) is 5.02. The van der Waals surface area contributed by atoms with Crippen molar-refractivity contribution in [2.45, 2.75) is 23.8 Å². The van der Waals surface area contributed by atoms with Crippen molar-refractivity contribution in [3.63, 3.8) is 0 Å². The number of carbonyl (C=O) groups is 1. The number of carbonyl (C=O) groups excluding carboxylic acids is 1. The molecule has 0 bridgehead atoms. The van der Waals surface area contributed by atoms with Gasteiger partial charge in [0.1, 0.15) is 0 Å². The molecule has 2 aliphatic rings. The molecule has 2 aliphatic heterocycles. The van der Waals surface area contributed by atoms with E-state index < -0.39 is 38.9 Å². The van der Waals surface area contributed by atoms with Gasteiger partial charge in [0.15, 0.2) is 0 Å². The summed E-state index contributed by atoms with van der Waals surface area (Å²) in [5.74, 6) is -0.422. The molecule has 2 aromatic rings. The Morgan fingerprint density at radius 3 is 2.52 bits per heavy atom. The smallest absolute Gasteiger partial charge is 0.312 e. The molecular formula is C21H16ClF3N4O3S. The predicted octanol–water partition coefficient (Wildman–Crippen LogP) is 3.88. The van der Waals surface area contributed by atoms with Gasteiger partial charge < -0.3 is 5.32 Å². The van der Waals surface area contributed by atoms with Crippen LogP contribution in [-0.2, 0) is 16.2 Å². The number of rotatable bonds is 4. The molecule has 0 saturated heterocycles. The Morgan fingerprint density at radius 1 is 1.12 bits per heavy atom. The first-order valence-electron chi connectivity index (χ1n) is 9.62. The average molecular weight is 497 g/mol. The molecule has 2 heterocycles. The van der Waals surface area contributed by atoms with Crippen molar-refractivity contribution in [1.82, 2.24) is 9.62 Å². The number of amides is 1. The van der Waals surface area contributed by atoms with Crippen LogP contribution in [0.5, 0.6) is 0 Å². The van der Waals surface area contributed by atoms with E-state index in [1.54, 1.807) is 24.3 Å². The molecule has 172 valence electrons. The third-order valence-electron chi connectivity index (χ3n) is 4.96. The van der Waals surface area contributed by atoms with Crippen LogP contribution in [-0.4, -0.2) is 43.4 Å². The minimum atomic E-state index is -4.82. The van der Waals surface area contributed by atoms with Gasteiger partial charge in [-0.05, 0) is 36.4 Å². The number of fused-ring (bicyclic) bond motifs is 1. The first-order chi connectivity index (χ1) is 15.6. The number of benzene rings is 2. The lowest BCUT2D eigenvalue weighted by molar-refractivity contribution is -0.139. The second-order valence-electron chi connectivity index (χ2n) is 7.15. The number of halogens is 4. The first kappa shape index (κ1) is 23.0. The Labute approximate surface area is 192 Å².